The molecule has 0 aliphatic carbocycles. The van der Waals surface area contributed by atoms with Gasteiger partial charge in [-0.2, -0.15) is 0 Å². The molecule has 0 radical (unpaired) electrons. The predicted octanol–water partition coefficient (Wildman–Crippen LogP) is 1.62. The molecule has 19 heavy (non-hydrogen) atoms. The number of ether oxygens (including phenoxy) is 2. The molecule has 1 N–H and O–H groups in total. The van der Waals surface area contributed by atoms with Gasteiger partial charge in [-0.05, 0) is 38.1 Å². The van der Waals surface area contributed by atoms with Gasteiger partial charge in [0.15, 0.2) is 0 Å². The monoisotopic (exact) mass is 273 g/mol. The molecule has 0 aromatic heterocycles. The lowest BCUT2D eigenvalue weighted by atomic mass is 9.93. The predicted molar refractivity (Wildman–Crippen MR) is 73.3 cm³/mol. The zero-order valence-corrected chi connectivity index (χ0v) is 12.0. The lowest BCUT2D eigenvalue weighted by molar-refractivity contribution is -0.137. The zero-order valence-electron chi connectivity index (χ0n) is 12.0. The Morgan fingerprint density at radius 1 is 1.37 bits per heavy atom. The highest BCUT2D eigenvalue weighted by Gasteiger charge is 2.19. The van der Waals surface area contributed by atoms with Gasteiger partial charge in [-0.3, -0.25) is 4.79 Å². The van der Waals surface area contributed by atoms with Crippen molar-refractivity contribution in [3.63, 3.8) is 0 Å². The Morgan fingerprint density at radius 3 is 2.95 bits per heavy atom. The molecule has 1 heterocycles. The van der Waals surface area contributed by atoms with Gasteiger partial charge in [0.25, 0.3) is 0 Å². The summed E-state index contributed by atoms with van der Waals surface area (Å²) in [4.78, 5) is 13.0. The summed E-state index contributed by atoms with van der Waals surface area (Å²) in [6.45, 7) is 5.34. The average Bonchev–Trinajstić information content (AvgIpc) is 2.41. The molecule has 1 atom stereocenters. The van der Waals surface area contributed by atoms with Crippen LogP contribution in [0.4, 0.5) is 0 Å². The molecule has 0 aromatic rings. The van der Waals surface area contributed by atoms with Crippen LogP contribution in [0.2, 0.25) is 0 Å². The summed E-state index contributed by atoms with van der Waals surface area (Å²) in [5.41, 5.74) is 0. The van der Waals surface area contributed by atoms with Crippen molar-refractivity contribution in [1.82, 2.24) is 4.90 Å². The summed E-state index contributed by atoms with van der Waals surface area (Å²) in [6, 6.07) is 0. The Labute approximate surface area is 115 Å². The molecule has 1 aliphatic rings. The van der Waals surface area contributed by atoms with Crippen molar-refractivity contribution in [2.45, 2.75) is 32.1 Å². The summed E-state index contributed by atoms with van der Waals surface area (Å²) in [5, 5.41) is 8.71. The Morgan fingerprint density at radius 2 is 2.21 bits per heavy atom. The lowest BCUT2D eigenvalue weighted by Crippen LogP contribution is -2.36. The minimum Gasteiger partial charge on any atom is -0.481 e. The number of nitrogens with zero attached hydrogens (tertiary/aromatic N) is 1. The highest BCUT2D eigenvalue weighted by atomic mass is 16.5. The fourth-order valence-electron chi connectivity index (χ4n) is 2.55. The van der Waals surface area contributed by atoms with Crippen LogP contribution in [-0.4, -0.2) is 62.5 Å². The smallest absolute Gasteiger partial charge is 0.303 e. The maximum absolute atomic E-state index is 10.6. The number of carboxylic acid groups (broad SMARTS) is 1. The van der Waals surface area contributed by atoms with E-state index in [-0.39, 0.29) is 0 Å². The maximum Gasteiger partial charge on any atom is 0.303 e. The van der Waals surface area contributed by atoms with E-state index in [0.29, 0.717) is 25.6 Å². The minimum absolute atomic E-state index is 0.304. The zero-order chi connectivity index (χ0) is 13.9. The van der Waals surface area contributed by atoms with E-state index < -0.39 is 5.97 Å². The van der Waals surface area contributed by atoms with Crippen molar-refractivity contribution in [3.8, 4) is 0 Å². The van der Waals surface area contributed by atoms with Gasteiger partial charge in [0, 0.05) is 33.2 Å². The molecule has 1 fully saturated rings. The van der Waals surface area contributed by atoms with Crippen LogP contribution in [0.15, 0.2) is 0 Å². The van der Waals surface area contributed by atoms with Crippen molar-refractivity contribution in [2.75, 3.05) is 46.6 Å². The molecule has 1 aliphatic heterocycles. The standard InChI is InChI=1S/C14H27NO4/c1-18-10-11-19-9-3-8-15-7-2-4-13(12-15)5-6-14(16)17/h13H,2-12H2,1H3,(H,16,17). The van der Waals surface area contributed by atoms with Crippen LogP contribution >= 0.6 is 0 Å². The van der Waals surface area contributed by atoms with Crippen LogP contribution in [-0.2, 0) is 14.3 Å². The Kier molecular flexibility index (Phi) is 8.79. The molecule has 112 valence electrons. The van der Waals surface area contributed by atoms with Crippen molar-refractivity contribution in [2.24, 2.45) is 5.92 Å². The van der Waals surface area contributed by atoms with E-state index in [1.165, 1.54) is 12.8 Å². The first-order valence-corrected chi connectivity index (χ1v) is 7.23. The molecule has 0 saturated carbocycles. The van der Waals surface area contributed by atoms with Gasteiger partial charge in [0.1, 0.15) is 0 Å². The third-order valence-corrected chi connectivity index (χ3v) is 3.56. The quantitative estimate of drug-likeness (QED) is 0.613. The molecule has 1 unspecified atom stereocenters. The first-order chi connectivity index (χ1) is 9.22. The van der Waals surface area contributed by atoms with E-state index in [0.717, 1.165) is 39.1 Å². The molecule has 1 saturated heterocycles. The summed E-state index contributed by atoms with van der Waals surface area (Å²) in [7, 11) is 1.67. The molecular formula is C14H27NO4. The number of piperidine rings is 1. The molecule has 0 bridgehead atoms. The first kappa shape index (κ1) is 16.4. The lowest BCUT2D eigenvalue weighted by Gasteiger charge is -2.32. The van der Waals surface area contributed by atoms with Crippen LogP contribution in [0.1, 0.15) is 32.1 Å². The topological polar surface area (TPSA) is 59.0 Å². The maximum atomic E-state index is 10.6. The van der Waals surface area contributed by atoms with Gasteiger partial charge in [0.05, 0.1) is 13.2 Å². The Balaban J connectivity index is 2.04. The second-order valence-corrected chi connectivity index (χ2v) is 5.20. The number of carbonyl (C=O) groups is 1. The second kappa shape index (κ2) is 10.2. The molecule has 0 aromatic carbocycles. The largest absolute Gasteiger partial charge is 0.481 e. The first-order valence-electron chi connectivity index (χ1n) is 7.23. The highest BCUT2D eigenvalue weighted by molar-refractivity contribution is 5.66. The minimum atomic E-state index is -0.677. The molecule has 1 rings (SSSR count). The van der Waals surface area contributed by atoms with E-state index in [2.05, 4.69) is 4.90 Å². The van der Waals surface area contributed by atoms with E-state index in [4.69, 9.17) is 14.6 Å². The number of hydrogen-bond acceptors (Lipinski definition) is 4. The van der Waals surface area contributed by atoms with E-state index in [1.54, 1.807) is 7.11 Å². The van der Waals surface area contributed by atoms with E-state index in [9.17, 15) is 4.79 Å². The number of hydrogen-bond donors (Lipinski definition) is 1. The molecule has 0 spiro atoms. The molecule has 5 heteroatoms. The SMILES string of the molecule is COCCOCCCN1CCCC(CCC(=O)O)C1. The second-order valence-electron chi connectivity index (χ2n) is 5.20. The van der Waals surface area contributed by atoms with Crippen molar-refractivity contribution < 1.29 is 19.4 Å². The van der Waals surface area contributed by atoms with Crippen LogP contribution in [0.5, 0.6) is 0 Å². The fourth-order valence-corrected chi connectivity index (χ4v) is 2.55. The summed E-state index contributed by atoms with van der Waals surface area (Å²) >= 11 is 0. The van der Waals surface area contributed by atoms with E-state index >= 15 is 0 Å². The fraction of sp³-hybridized carbons (Fsp3) is 0.929. The third kappa shape index (κ3) is 8.18. The third-order valence-electron chi connectivity index (χ3n) is 3.56. The number of methoxy groups -OCH3 is 1. The summed E-state index contributed by atoms with van der Waals surface area (Å²) < 4.78 is 10.4. The number of carboxylic acids is 1. The normalized spacial score (nSPS) is 20.6. The van der Waals surface area contributed by atoms with Crippen molar-refractivity contribution >= 4 is 5.97 Å². The van der Waals surface area contributed by atoms with Gasteiger partial charge >= 0.3 is 5.97 Å². The van der Waals surface area contributed by atoms with Crippen LogP contribution in [0, 0.1) is 5.92 Å². The Bertz CT molecular complexity index is 248. The van der Waals surface area contributed by atoms with Gasteiger partial charge < -0.3 is 19.5 Å². The Hall–Kier alpha value is -0.650. The molecular weight excluding hydrogens is 246 g/mol. The summed E-state index contributed by atoms with van der Waals surface area (Å²) in [5.74, 6) is -0.122. The van der Waals surface area contributed by atoms with Crippen molar-refractivity contribution in [1.29, 1.82) is 0 Å². The van der Waals surface area contributed by atoms with Crippen LogP contribution < -0.4 is 0 Å². The van der Waals surface area contributed by atoms with Gasteiger partial charge in [-0.25, -0.2) is 0 Å². The summed E-state index contributed by atoms with van der Waals surface area (Å²) in [6.07, 6.45) is 4.52. The van der Waals surface area contributed by atoms with Crippen molar-refractivity contribution in [3.05, 3.63) is 0 Å². The number of rotatable bonds is 10. The highest BCUT2D eigenvalue weighted by Crippen LogP contribution is 2.20. The average molecular weight is 273 g/mol. The number of likely N-dealkylation sites (tertiary alicyclic amines) is 1. The van der Waals surface area contributed by atoms with Crippen LogP contribution in [0.25, 0.3) is 0 Å². The molecule has 5 nitrogen and oxygen atoms in total. The van der Waals surface area contributed by atoms with Gasteiger partial charge in [-0.1, -0.05) is 0 Å². The van der Waals surface area contributed by atoms with Gasteiger partial charge in [0.2, 0.25) is 0 Å². The van der Waals surface area contributed by atoms with Gasteiger partial charge in [-0.15, -0.1) is 0 Å². The molecule has 0 amide bonds. The van der Waals surface area contributed by atoms with Crippen LogP contribution in [0.3, 0.4) is 0 Å². The van der Waals surface area contributed by atoms with E-state index in [1.807, 2.05) is 0 Å². The number of aliphatic carboxylic acids is 1.